The number of rotatable bonds is 7. The smallest absolute Gasteiger partial charge is 0.253 e. The van der Waals surface area contributed by atoms with Gasteiger partial charge in [0.25, 0.3) is 5.91 Å². The number of halogens is 1. The molecule has 1 aromatic rings. The first-order chi connectivity index (χ1) is 12.8. The maximum atomic E-state index is 12.9. The van der Waals surface area contributed by atoms with Gasteiger partial charge in [-0.25, -0.2) is 8.42 Å². The molecule has 1 aromatic carbocycles. The zero-order valence-corrected chi connectivity index (χ0v) is 18.6. The van der Waals surface area contributed by atoms with E-state index in [0.29, 0.717) is 24.7 Å². The van der Waals surface area contributed by atoms with Crippen LogP contribution in [-0.2, 0) is 10.0 Å². The minimum atomic E-state index is -3.59. The van der Waals surface area contributed by atoms with Crippen molar-refractivity contribution in [1.29, 1.82) is 0 Å². The highest BCUT2D eigenvalue weighted by molar-refractivity contribution is 7.89. The highest BCUT2D eigenvalue weighted by Gasteiger charge is 2.28. The second-order valence-electron chi connectivity index (χ2n) is 8.06. The topological polar surface area (TPSA) is 69.7 Å². The zero-order valence-electron chi connectivity index (χ0n) is 16.9. The summed E-state index contributed by atoms with van der Waals surface area (Å²) in [4.78, 5) is 14.9. The molecule has 1 N–H and O–H groups in total. The van der Waals surface area contributed by atoms with Crippen LogP contribution in [0.25, 0.3) is 0 Å². The van der Waals surface area contributed by atoms with E-state index in [2.05, 4.69) is 5.32 Å². The summed E-state index contributed by atoms with van der Waals surface area (Å²) in [6, 6.07) is 6.76. The number of hydrogen-bond donors (Lipinski definition) is 1. The van der Waals surface area contributed by atoms with Gasteiger partial charge in [0.05, 0.1) is 4.90 Å². The number of nitrogens with one attached hydrogen (secondary N) is 1. The van der Waals surface area contributed by atoms with Crippen molar-refractivity contribution in [3.63, 3.8) is 0 Å². The second-order valence-corrected chi connectivity index (χ2v) is 10.1. The van der Waals surface area contributed by atoms with Crippen LogP contribution in [0.5, 0.6) is 0 Å². The Balaban J connectivity index is 0.00000280. The Labute approximate surface area is 175 Å². The van der Waals surface area contributed by atoms with E-state index in [1.165, 1.54) is 23.2 Å². The molecule has 1 saturated heterocycles. The van der Waals surface area contributed by atoms with Crippen LogP contribution in [0, 0.1) is 5.92 Å². The highest BCUT2D eigenvalue weighted by atomic mass is 35.5. The standard InChI is InChI=1S/C20H31N3O3S.ClH/c1-15(2)22(3)27(25,26)19-6-4-5-17(13-19)20(24)23-11-9-18(10-12-23)21-14-16-7-8-16;/h4-6,13,15-16,18,21H,7-12,14H2,1-3H3;1H. The number of hydrogen-bond acceptors (Lipinski definition) is 4. The number of carbonyl (C=O) groups excluding carboxylic acids is 1. The fourth-order valence-electron chi connectivity index (χ4n) is 3.36. The first-order valence-corrected chi connectivity index (χ1v) is 11.3. The SMILES string of the molecule is CC(C)N(C)S(=O)(=O)c1cccc(C(=O)N2CCC(NCC3CC3)CC2)c1.Cl. The Morgan fingerprint density at radius 2 is 1.86 bits per heavy atom. The van der Waals surface area contributed by atoms with E-state index in [0.717, 1.165) is 25.3 Å². The van der Waals surface area contributed by atoms with Crippen molar-refractivity contribution >= 4 is 28.3 Å². The maximum Gasteiger partial charge on any atom is 0.253 e. The molecule has 0 aromatic heterocycles. The van der Waals surface area contributed by atoms with E-state index in [-0.39, 0.29) is 29.3 Å². The molecule has 8 heteroatoms. The van der Waals surface area contributed by atoms with Crippen molar-refractivity contribution in [1.82, 2.24) is 14.5 Å². The van der Waals surface area contributed by atoms with Gasteiger partial charge in [0.2, 0.25) is 10.0 Å². The van der Waals surface area contributed by atoms with Crippen molar-refractivity contribution in [2.75, 3.05) is 26.7 Å². The predicted molar refractivity (Wildman–Crippen MR) is 113 cm³/mol. The number of nitrogens with zero attached hydrogens (tertiary/aromatic N) is 2. The molecule has 0 unspecified atom stereocenters. The van der Waals surface area contributed by atoms with Gasteiger partial charge >= 0.3 is 0 Å². The van der Waals surface area contributed by atoms with Crippen LogP contribution in [0.4, 0.5) is 0 Å². The minimum Gasteiger partial charge on any atom is -0.339 e. The molecule has 28 heavy (non-hydrogen) atoms. The van der Waals surface area contributed by atoms with Crippen molar-refractivity contribution in [2.24, 2.45) is 5.92 Å². The van der Waals surface area contributed by atoms with Crippen molar-refractivity contribution in [2.45, 2.75) is 56.5 Å². The molecule has 0 bridgehead atoms. The number of carbonyl (C=O) groups is 1. The van der Waals surface area contributed by atoms with Gasteiger partial charge in [-0.15, -0.1) is 12.4 Å². The van der Waals surface area contributed by atoms with Gasteiger partial charge in [-0.3, -0.25) is 4.79 Å². The molecule has 1 heterocycles. The Bertz CT molecular complexity index is 773. The largest absolute Gasteiger partial charge is 0.339 e. The number of piperidine rings is 1. The molecule has 1 saturated carbocycles. The average molecular weight is 430 g/mol. The molecule has 1 aliphatic heterocycles. The zero-order chi connectivity index (χ0) is 19.6. The van der Waals surface area contributed by atoms with Crippen LogP contribution in [0.3, 0.4) is 0 Å². The molecular formula is C20H32ClN3O3S. The third-order valence-corrected chi connectivity index (χ3v) is 7.69. The summed E-state index contributed by atoms with van der Waals surface area (Å²) in [7, 11) is -2.03. The fraction of sp³-hybridized carbons (Fsp3) is 0.650. The van der Waals surface area contributed by atoms with E-state index >= 15 is 0 Å². The number of likely N-dealkylation sites (tertiary alicyclic amines) is 1. The lowest BCUT2D eigenvalue weighted by Gasteiger charge is -2.32. The number of amides is 1. The third kappa shape index (κ3) is 5.47. The Kier molecular flexibility index (Phi) is 7.90. The molecular weight excluding hydrogens is 398 g/mol. The average Bonchev–Trinajstić information content (AvgIpc) is 3.50. The number of benzene rings is 1. The number of sulfonamides is 1. The van der Waals surface area contributed by atoms with Crippen LogP contribution in [0.15, 0.2) is 29.2 Å². The van der Waals surface area contributed by atoms with Gasteiger partial charge < -0.3 is 10.2 Å². The fourth-order valence-corrected chi connectivity index (χ4v) is 4.77. The predicted octanol–water partition coefficient (Wildman–Crippen LogP) is 2.74. The van der Waals surface area contributed by atoms with Crippen LogP contribution in [-0.4, -0.2) is 62.3 Å². The summed E-state index contributed by atoms with van der Waals surface area (Å²) in [6.45, 7) is 6.18. The summed E-state index contributed by atoms with van der Waals surface area (Å²) in [5.74, 6) is 0.776. The molecule has 0 atom stereocenters. The van der Waals surface area contributed by atoms with Crippen molar-refractivity contribution in [3.05, 3.63) is 29.8 Å². The molecule has 1 amide bonds. The van der Waals surface area contributed by atoms with Crippen LogP contribution >= 0.6 is 12.4 Å². The lowest BCUT2D eigenvalue weighted by molar-refractivity contribution is 0.0704. The monoisotopic (exact) mass is 429 g/mol. The lowest BCUT2D eigenvalue weighted by Crippen LogP contribution is -2.45. The van der Waals surface area contributed by atoms with Crippen molar-refractivity contribution in [3.8, 4) is 0 Å². The maximum absolute atomic E-state index is 12.9. The normalized spacial score (nSPS) is 18.4. The molecule has 6 nitrogen and oxygen atoms in total. The molecule has 0 radical (unpaired) electrons. The van der Waals surface area contributed by atoms with Gasteiger partial charge in [-0.05, 0) is 70.2 Å². The summed E-state index contributed by atoms with van der Waals surface area (Å²) in [5.41, 5.74) is 0.442. The second kappa shape index (κ2) is 9.57. The highest BCUT2D eigenvalue weighted by Crippen LogP contribution is 2.28. The van der Waals surface area contributed by atoms with E-state index in [1.807, 2.05) is 18.7 Å². The first kappa shape index (κ1) is 23.1. The van der Waals surface area contributed by atoms with Crippen LogP contribution in [0.1, 0.15) is 49.9 Å². The molecule has 2 fully saturated rings. The Hall–Kier alpha value is -1.15. The Morgan fingerprint density at radius 1 is 1.21 bits per heavy atom. The van der Waals surface area contributed by atoms with E-state index in [9.17, 15) is 13.2 Å². The van der Waals surface area contributed by atoms with Gasteiger partial charge in [-0.1, -0.05) is 6.07 Å². The van der Waals surface area contributed by atoms with Gasteiger partial charge in [-0.2, -0.15) is 4.31 Å². The van der Waals surface area contributed by atoms with Crippen LogP contribution in [0.2, 0.25) is 0 Å². The van der Waals surface area contributed by atoms with E-state index in [4.69, 9.17) is 0 Å². The van der Waals surface area contributed by atoms with E-state index in [1.54, 1.807) is 25.2 Å². The molecule has 3 rings (SSSR count). The summed E-state index contributed by atoms with van der Waals surface area (Å²) < 4.78 is 26.7. The molecule has 0 spiro atoms. The van der Waals surface area contributed by atoms with E-state index < -0.39 is 10.0 Å². The summed E-state index contributed by atoms with van der Waals surface area (Å²) >= 11 is 0. The third-order valence-electron chi connectivity index (χ3n) is 5.66. The Morgan fingerprint density at radius 3 is 2.43 bits per heavy atom. The van der Waals surface area contributed by atoms with Crippen LogP contribution < -0.4 is 5.32 Å². The van der Waals surface area contributed by atoms with Gasteiger partial charge in [0, 0.05) is 37.8 Å². The lowest BCUT2D eigenvalue weighted by atomic mass is 10.0. The molecule has 2 aliphatic rings. The minimum absolute atomic E-state index is 0. The van der Waals surface area contributed by atoms with Gasteiger partial charge in [0.1, 0.15) is 0 Å². The van der Waals surface area contributed by atoms with Gasteiger partial charge in [0.15, 0.2) is 0 Å². The summed E-state index contributed by atoms with van der Waals surface area (Å²) in [6.07, 6.45) is 4.59. The molecule has 1 aliphatic carbocycles. The van der Waals surface area contributed by atoms with Crippen molar-refractivity contribution < 1.29 is 13.2 Å². The summed E-state index contributed by atoms with van der Waals surface area (Å²) in [5, 5.41) is 3.61. The molecule has 158 valence electrons. The quantitative estimate of drug-likeness (QED) is 0.723. The first-order valence-electron chi connectivity index (χ1n) is 9.90.